The van der Waals surface area contributed by atoms with Crippen LogP contribution in [0.1, 0.15) is 12.8 Å². The van der Waals surface area contributed by atoms with Gasteiger partial charge in [-0.05, 0) is 12.8 Å². The first kappa shape index (κ1) is 12.8. The number of aliphatic carboxylic acids is 2. The summed E-state index contributed by atoms with van der Waals surface area (Å²) >= 11 is 0. The van der Waals surface area contributed by atoms with Crippen LogP contribution in [-0.2, 0) is 19.7 Å². The summed E-state index contributed by atoms with van der Waals surface area (Å²) < 4.78 is 28.7. The molecule has 0 aromatic carbocycles. The summed E-state index contributed by atoms with van der Waals surface area (Å²) in [5, 5.41) is 16.8. The molecular formula is C6H10O7S. The first-order valence-electron chi connectivity index (χ1n) is 3.65. The lowest BCUT2D eigenvalue weighted by atomic mass is 10.1. The van der Waals surface area contributed by atoms with Crippen LogP contribution < -0.4 is 0 Å². The molecule has 0 rings (SSSR count). The van der Waals surface area contributed by atoms with E-state index < -0.39 is 33.7 Å². The van der Waals surface area contributed by atoms with Gasteiger partial charge in [-0.2, -0.15) is 8.42 Å². The highest BCUT2D eigenvalue weighted by Gasteiger charge is 2.25. The molecule has 3 N–H and O–H groups in total. The molecule has 7 nitrogen and oxygen atoms in total. The van der Waals surface area contributed by atoms with E-state index in [1.807, 2.05) is 0 Å². The molecule has 14 heavy (non-hydrogen) atoms. The molecule has 0 aliphatic rings. The van der Waals surface area contributed by atoms with E-state index in [0.29, 0.717) is 0 Å². The van der Waals surface area contributed by atoms with Crippen LogP contribution in [0, 0.1) is 5.92 Å². The summed E-state index contributed by atoms with van der Waals surface area (Å²) in [6.07, 6.45) is -0.535. The molecule has 0 fully saturated rings. The SMILES string of the molecule is O=C(O)C(CCCS(=O)(=O)O)C(=O)O. The fourth-order valence-corrected chi connectivity index (χ4v) is 1.35. The maximum absolute atomic E-state index is 10.3. The monoisotopic (exact) mass is 226 g/mol. The van der Waals surface area contributed by atoms with Gasteiger partial charge in [0.25, 0.3) is 10.1 Å². The van der Waals surface area contributed by atoms with Crippen molar-refractivity contribution in [3.05, 3.63) is 0 Å². The molecule has 0 radical (unpaired) electrons. The van der Waals surface area contributed by atoms with Crippen LogP contribution in [0.15, 0.2) is 0 Å². The van der Waals surface area contributed by atoms with E-state index in [9.17, 15) is 18.0 Å². The maximum atomic E-state index is 10.3. The number of carboxylic acids is 2. The Morgan fingerprint density at radius 2 is 1.57 bits per heavy atom. The Hall–Kier alpha value is -1.15. The zero-order chi connectivity index (χ0) is 11.4. The number of rotatable bonds is 6. The van der Waals surface area contributed by atoms with Crippen LogP contribution >= 0.6 is 0 Å². The number of hydrogen-bond acceptors (Lipinski definition) is 4. The molecule has 0 spiro atoms. The second kappa shape index (κ2) is 4.91. The van der Waals surface area contributed by atoms with E-state index in [1.165, 1.54) is 0 Å². The molecule has 0 aliphatic heterocycles. The zero-order valence-corrected chi connectivity index (χ0v) is 7.90. The summed E-state index contributed by atoms with van der Waals surface area (Å²) in [7, 11) is -4.16. The highest BCUT2D eigenvalue weighted by atomic mass is 32.2. The van der Waals surface area contributed by atoms with E-state index in [-0.39, 0.29) is 12.8 Å². The minimum absolute atomic E-state index is 0.206. The predicted molar refractivity (Wildman–Crippen MR) is 44.4 cm³/mol. The normalized spacial score (nSPS) is 11.6. The average molecular weight is 226 g/mol. The van der Waals surface area contributed by atoms with Gasteiger partial charge in [0, 0.05) is 0 Å². The standard InChI is InChI=1S/C6H10O7S/c7-5(8)4(6(9)10)2-1-3-14(11,12)13/h4H,1-3H2,(H,7,8)(H,9,10)(H,11,12,13). The van der Waals surface area contributed by atoms with E-state index in [0.717, 1.165) is 0 Å². The van der Waals surface area contributed by atoms with Crippen LogP contribution in [0.2, 0.25) is 0 Å². The van der Waals surface area contributed by atoms with Gasteiger partial charge in [-0.15, -0.1) is 0 Å². The minimum Gasteiger partial charge on any atom is -0.481 e. The van der Waals surface area contributed by atoms with Gasteiger partial charge in [0.2, 0.25) is 0 Å². The summed E-state index contributed by atoms with van der Waals surface area (Å²) in [6, 6.07) is 0. The van der Waals surface area contributed by atoms with Gasteiger partial charge < -0.3 is 10.2 Å². The molecule has 0 saturated carbocycles. The van der Waals surface area contributed by atoms with Crippen molar-refractivity contribution in [2.45, 2.75) is 12.8 Å². The topological polar surface area (TPSA) is 129 Å². The second-order valence-corrected chi connectivity index (χ2v) is 4.23. The van der Waals surface area contributed by atoms with Crippen LogP contribution in [0.3, 0.4) is 0 Å². The Kier molecular flexibility index (Phi) is 4.51. The third kappa shape index (κ3) is 5.49. The second-order valence-electron chi connectivity index (χ2n) is 2.66. The lowest BCUT2D eigenvalue weighted by Crippen LogP contribution is -2.24. The molecular weight excluding hydrogens is 216 g/mol. The Labute approximate surface area is 80.1 Å². The van der Waals surface area contributed by atoms with Crippen molar-refractivity contribution in [2.75, 3.05) is 5.75 Å². The summed E-state index contributed by atoms with van der Waals surface area (Å²) in [5.74, 6) is -5.30. The first-order valence-corrected chi connectivity index (χ1v) is 5.25. The van der Waals surface area contributed by atoms with Crippen molar-refractivity contribution < 1.29 is 32.8 Å². The third-order valence-electron chi connectivity index (χ3n) is 1.49. The largest absolute Gasteiger partial charge is 0.481 e. The molecule has 0 bridgehead atoms. The van der Waals surface area contributed by atoms with Crippen molar-refractivity contribution in [1.82, 2.24) is 0 Å². The van der Waals surface area contributed by atoms with E-state index >= 15 is 0 Å². The molecule has 0 amide bonds. The molecule has 82 valence electrons. The van der Waals surface area contributed by atoms with Crippen molar-refractivity contribution in [3.8, 4) is 0 Å². The van der Waals surface area contributed by atoms with Crippen molar-refractivity contribution >= 4 is 22.1 Å². The van der Waals surface area contributed by atoms with Crippen LogP contribution in [-0.4, -0.2) is 40.9 Å². The maximum Gasteiger partial charge on any atom is 0.317 e. The van der Waals surface area contributed by atoms with Crippen molar-refractivity contribution in [2.24, 2.45) is 5.92 Å². The van der Waals surface area contributed by atoms with Gasteiger partial charge in [0.05, 0.1) is 5.75 Å². The number of carbonyl (C=O) groups is 2. The highest BCUT2D eigenvalue weighted by molar-refractivity contribution is 7.85. The quantitative estimate of drug-likeness (QED) is 0.409. The fourth-order valence-electron chi connectivity index (χ4n) is 0.822. The molecule has 0 aromatic heterocycles. The summed E-state index contributed by atoms with van der Waals surface area (Å²) in [6.45, 7) is 0. The fraction of sp³-hybridized carbons (Fsp3) is 0.667. The molecule has 0 aromatic rings. The molecule has 0 aliphatic carbocycles. The Balaban J connectivity index is 4.09. The Bertz CT molecular complexity index is 303. The molecule has 0 unspecified atom stereocenters. The van der Waals surface area contributed by atoms with E-state index in [4.69, 9.17) is 14.8 Å². The number of hydrogen-bond donors (Lipinski definition) is 3. The zero-order valence-electron chi connectivity index (χ0n) is 7.08. The predicted octanol–water partition coefficient (Wildman–Crippen LogP) is -0.560. The molecule has 0 saturated heterocycles. The minimum atomic E-state index is -4.16. The Morgan fingerprint density at radius 3 is 1.86 bits per heavy atom. The average Bonchev–Trinajstić information content (AvgIpc) is 1.94. The molecule has 0 heterocycles. The van der Waals surface area contributed by atoms with Crippen LogP contribution in [0.4, 0.5) is 0 Å². The van der Waals surface area contributed by atoms with Gasteiger partial charge in [0.15, 0.2) is 5.92 Å². The lowest BCUT2D eigenvalue weighted by molar-refractivity contribution is -0.154. The molecule has 0 atom stereocenters. The summed E-state index contributed by atoms with van der Waals surface area (Å²) in [5.41, 5.74) is 0. The van der Waals surface area contributed by atoms with E-state index in [2.05, 4.69) is 0 Å². The smallest absolute Gasteiger partial charge is 0.317 e. The first-order chi connectivity index (χ1) is 6.24. The van der Waals surface area contributed by atoms with Gasteiger partial charge in [-0.1, -0.05) is 0 Å². The molecule has 8 heteroatoms. The van der Waals surface area contributed by atoms with Crippen LogP contribution in [0.5, 0.6) is 0 Å². The van der Waals surface area contributed by atoms with Gasteiger partial charge in [0.1, 0.15) is 0 Å². The van der Waals surface area contributed by atoms with Gasteiger partial charge in [-0.25, -0.2) is 0 Å². The van der Waals surface area contributed by atoms with E-state index in [1.54, 1.807) is 0 Å². The third-order valence-corrected chi connectivity index (χ3v) is 2.30. The van der Waals surface area contributed by atoms with Gasteiger partial charge >= 0.3 is 11.9 Å². The van der Waals surface area contributed by atoms with Crippen molar-refractivity contribution in [1.29, 1.82) is 0 Å². The highest BCUT2D eigenvalue weighted by Crippen LogP contribution is 2.08. The lowest BCUT2D eigenvalue weighted by Gasteiger charge is -2.05. The van der Waals surface area contributed by atoms with Crippen LogP contribution in [0.25, 0.3) is 0 Å². The van der Waals surface area contributed by atoms with Crippen molar-refractivity contribution in [3.63, 3.8) is 0 Å². The van der Waals surface area contributed by atoms with Gasteiger partial charge in [-0.3, -0.25) is 14.1 Å². The number of carboxylic acid groups (broad SMARTS) is 2. The summed E-state index contributed by atoms with van der Waals surface area (Å²) in [4.78, 5) is 20.6. The Morgan fingerprint density at radius 1 is 1.14 bits per heavy atom.